The molecule has 0 bridgehead atoms. The van der Waals surface area contributed by atoms with Crippen LogP contribution in [0.25, 0.3) is 0 Å². The first-order chi connectivity index (χ1) is 8.51. The Kier molecular flexibility index (Phi) is 5.34. The molecule has 100 valence electrons. The summed E-state index contributed by atoms with van der Waals surface area (Å²) in [4.78, 5) is 13.8. The molecule has 5 heteroatoms. The van der Waals surface area contributed by atoms with E-state index in [1.54, 1.807) is 17.8 Å². The van der Waals surface area contributed by atoms with Crippen LogP contribution in [0.3, 0.4) is 0 Å². The van der Waals surface area contributed by atoms with Gasteiger partial charge < -0.3 is 15.4 Å². The van der Waals surface area contributed by atoms with Crippen LogP contribution in [0.5, 0.6) is 0 Å². The Hall–Kier alpha value is -1.36. The van der Waals surface area contributed by atoms with Crippen molar-refractivity contribution in [3.8, 4) is 0 Å². The predicted molar refractivity (Wildman–Crippen MR) is 78.6 cm³/mol. The average Bonchev–Trinajstić information content (AvgIpc) is 2.37. The molecular formula is C13H20N2O2S. The minimum atomic E-state index is -0.393. The van der Waals surface area contributed by atoms with Crippen molar-refractivity contribution in [2.45, 2.75) is 6.92 Å². The number of ether oxygens (including phenoxy) is 1. The number of nitrogens with zero attached hydrogens (tertiary/aromatic N) is 1. The minimum Gasteiger partial charge on any atom is -0.465 e. The summed E-state index contributed by atoms with van der Waals surface area (Å²) in [5.74, 6) is 0.642. The minimum absolute atomic E-state index is 0.393. The summed E-state index contributed by atoms with van der Waals surface area (Å²) in [7, 11) is 3.36. The SMILES string of the molecule is COC(=O)c1cc(N(C)CCSC)cc(C)c1N. The molecule has 0 aliphatic heterocycles. The van der Waals surface area contributed by atoms with Gasteiger partial charge in [0.25, 0.3) is 0 Å². The van der Waals surface area contributed by atoms with Crippen LogP contribution in [0.1, 0.15) is 15.9 Å². The zero-order valence-electron chi connectivity index (χ0n) is 11.3. The van der Waals surface area contributed by atoms with Gasteiger partial charge in [0, 0.05) is 30.7 Å². The molecule has 0 aromatic heterocycles. The number of aryl methyl sites for hydroxylation is 1. The van der Waals surface area contributed by atoms with E-state index in [0.29, 0.717) is 11.3 Å². The largest absolute Gasteiger partial charge is 0.465 e. The lowest BCUT2D eigenvalue weighted by atomic mass is 10.1. The van der Waals surface area contributed by atoms with E-state index in [9.17, 15) is 4.79 Å². The molecule has 0 fully saturated rings. The maximum Gasteiger partial charge on any atom is 0.340 e. The number of rotatable bonds is 5. The molecule has 0 aliphatic rings. The van der Waals surface area contributed by atoms with E-state index < -0.39 is 5.97 Å². The topological polar surface area (TPSA) is 55.6 Å². The second-order valence-electron chi connectivity index (χ2n) is 4.13. The lowest BCUT2D eigenvalue weighted by Crippen LogP contribution is -2.21. The van der Waals surface area contributed by atoms with Gasteiger partial charge in [-0.2, -0.15) is 11.8 Å². The normalized spacial score (nSPS) is 10.2. The van der Waals surface area contributed by atoms with Crippen molar-refractivity contribution < 1.29 is 9.53 Å². The molecule has 1 aromatic rings. The third kappa shape index (κ3) is 3.32. The monoisotopic (exact) mass is 268 g/mol. The van der Waals surface area contributed by atoms with Gasteiger partial charge in [-0.25, -0.2) is 4.79 Å². The second kappa shape index (κ2) is 6.54. The zero-order chi connectivity index (χ0) is 13.7. The number of carbonyl (C=O) groups excluding carboxylic acids is 1. The van der Waals surface area contributed by atoms with Crippen LogP contribution in [0.15, 0.2) is 12.1 Å². The van der Waals surface area contributed by atoms with Crippen LogP contribution in [0.4, 0.5) is 11.4 Å². The van der Waals surface area contributed by atoms with Gasteiger partial charge in [-0.1, -0.05) is 0 Å². The van der Waals surface area contributed by atoms with Crippen molar-refractivity contribution in [1.29, 1.82) is 0 Å². The van der Waals surface area contributed by atoms with Crippen LogP contribution in [0, 0.1) is 6.92 Å². The molecule has 0 heterocycles. The van der Waals surface area contributed by atoms with E-state index in [1.165, 1.54) is 7.11 Å². The molecule has 1 rings (SSSR count). The van der Waals surface area contributed by atoms with E-state index in [0.717, 1.165) is 23.5 Å². The van der Waals surface area contributed by atoms with Gasteiger partial charge in [-0.3, -0.25) is 0 Å². The van der Waals surface area contributed by atoms with Crippen LogP contribution >= 0.6 is 11.8 Å². The molecule has 0 spiro atoms. The fraction of sp³-hybridized carbons (Fsp3) is 0.462. The Balaban J connectivity index is 3.07. The van der Waals surface area contributed by atoms with Crippen LogP contribution in [-0.2, 0) is 4.74 Å². The Labute approximate surface area is 112 Å². The van der Waals surface area contributed by atoms with E-state index in [2.05, 4.69) is 11.2 Å². The molecule has 18 heavy (non-hydrogen) atoms. The summed E-state index contributed by atoms with van der Waals surface area (Å²) in [6.45, 7) is 2.82. The first kappa shape index (κ1) is 14.7. The Morgan fingerprint density at radius 1 is 1.50 bits per heavy atom. The summed E-state index contributed by atoms with van der Waals surface area (Å²) in [6.07, 6.45) is 2.07. The smallest absolute Gasteiger partial charge is 0.340 e. The number of nitrogen functional groups attached to an aromatic ring is 1. The molecule has 0 amide bonds. The number of esters is 1. The first-order valence-electron chi connectivity index (χ1n) is 5.69. The fourth-order valence-electron chi connectivity index (χ4n) is 1.64. The van der Waals surface area contributed by atoms with Crippen molar-refractivity contribution in [1.82, 2.24) is 0 Å². The summed E-state index contributed by atoms with van der Waals surface area (Å²) >= 11 is 1.79. The lowest BCUT2D eigenvalue weighted by molar-refractivity contribution is 0.0602. The number of methoxy groups -OCH3 is 1. The molecule has 2 N–H and O–H groups in total. The molecule has 0 radical (unpaired) electrons. The van der Waals surface area contributed by atoms with Crippen molar-refractivity contribution in [3.05, 3.63) is 23.3 Å². The van der Waals surface area contributed by atoms with Crippen molar-refractivity contribution >= 4 is 29.1 Å². The average molecular weight is 268 g/mol. The fourth-order valence-corrected chi connectivity index (χ4v) is 2.09. The number of anilines is 2. The number of hydrogen-bond donors (Lipinski definition) is 1. The van der Waals surface area contributed by atoms with Gasteiger partial charge >= 0.3 is 5.97 Å². The lowest BCUT2D eigenvalue weighted by Gasteiger charge is -2.21. The molecule has 0 saturated heterocycles. The first-order valence-corrected chi connectivity index (χ1v) is 7.09. The van der Waals surface area contributed by atoms with Crippen LogP contribution in [-0.4, -0.2) is 38.7 Å². The molecule has 0 aliphatic carbocycles. The maximum atomic E-state index is 11.7. The third-order valence-corrected chi connectivity index (χ3v) is 3.44. The molecule has 0 atom stereocenters. The van der Waals surface area contributed by atoms with Crippen LogP contribution in [0.2, 0.25) is 0 Å². The van der Waals surface area contributed by atoms with Crippen molar-refractivity contribution in [2.24, 2.45) is 0 Å². The highest BCUT2D eigenvalue weighted by Gasteiger charge is 2.14. The van der Waals surface area contributed by atoms with E-state index in [4.69, 9.17) is 10.5 Å². The molecule has 4 nitrogen and oxygen atoms in total. The van der Waals surface area contributed by atoms with Crippen LogP contribution < -0.4 is 10.6 Å². The van der Waals surface area contributed by atoms with Gasteiger partial charge in [-0.15, -0.1) is 0 Å². The molecule has 1 aromatic carbocycles. The molecule has 0 unspecified atom stereocenters. The molecular weight excluding hydrogens is 248 g/mol. The van der Waals surface area contributed by atoms with Crippen molar-refractivity contribution in [2.75, 3.05) is 43.3 Å². The predicted octanol–water partition coefficient (Wildman–Crippen LogP) is 2.16. The summed E-state index contributed by atoms with van der Waals surface area (Å²) < 4.78 is 4.75. The summed E-state index contributed by atoms with van der Waals surface area (Å²) in [6, 6.07) is 3.77. The second-order valence-corrected chi connectivity index (χ2v) is 5.12. The maximum absolute atomic E-state index is 11.7. The van der Waals surface area contributed by atoms with Gasteiger partial charge in [0.05, 0.1) is 12.7 Å². The van der Waals surface area contributed by atoms with E-state index in [1.807, 2.05) is 20.0 Å². The number of carbonyl (C=O) groups is 1. The van der Waals surface area contributed by atoms with E-state index >= 15 is 0 Å². The van der Waals surface area contributed by atoms with Gasteiger partial charge in [-0.05, 0) is 30.9 Å². The standard InChI is InChI=1S/C13H20N2O2S/c1-9-7-10(15(2)5-6-18-4)8-11(12(9)14)13(16)17-3/h7-8H,5-6,14H2,1-4H3. The van der Waals surface area contributed by atoms with Crippen molar-refractivity contribution in [3.63, 3.8) is 0 Å². The van der Waals surface area contributed by atoms with Gasteiger partial charge in [0.2, 0.25) is 0 Å². The highest BCUT2D eigenvalue weighted by atomic mass is 32.2. The Bertz CT molecular complexity index is 435. The van der Waals surface area contributed by atoms with E-state index in [-0.39, 0.29) is 0 Å². The Morgan fingerprint density at radius 2 is 2.17 bits per heavy atom. The Morgan fingerprint density at radius 3 is 2.72 bits per heavy atom. The number of thioether (sulfide) groups is 1. The highest BCUT2D eigenvalue weighted by molar-refractivity contribution is 7.98. The number of hydrogen-bond acceptors (Lipinski definition) is 5. The highest BCUT2D eigenvalue weighted by Crippen LogP contribution is 2.25. The van der Waals surface area contributed by atoms with Gasteiger partial charge in [0.15, 0.2) is 0 Å². The molecule has 0 saturated carbocycles. The summed E-state index contributed by atoms with van der Waals surface area (Å²) in [5.41, 5.74) is 8.70. The number of nitrogens with two attached hydrogens (primary N) is 1. The number of benzene rings is 1. The quantitative estimate of drug-likeness (QED) is 0.655. The van der Waals surface area contributed by atoms with Gasteiger partial charge in [0.1, 0.15) is 0 Å². The zero-order valence-corrected chi connectivity index (χ0v) is 12.1. The third-order valence-electron chi connectivity index (χ3n) is 2.85. The summed E-state index contributed by atoms with van der Waals surface area (Å²) in [5, 5.41) is 0.